The molecule has 1 amide bonds. The zero-order chi connectivity index (χ0) is 14.4. The number of benzene rings is 1. The van der Waals surface area contributed by atoms with E-state index in [0.717, 1.165) is 17.7 Å². The fraction of sp³-hybridized carbons (Fsp3) is 0.333. The number of ether oxygens (including phenoxy) is 1. The van der Waals surface area contributed by atoms with Crippen LogP contribution in [0.1, 0.15) is 42.2 Å². The number of carbonyl (C=O) groups excluding carboxylic acids is 1. The quantitative estimate of drug-likeness (QED) is 0.850. The average Bonchev–Trinajstić information content (AvgIpc) is 3.00. The van der Waals surface area contributed by atoms with E-state index in [4.69, 9.17) is 4.74 Å². The van der Waals surface area contributed by atoms with Crippen molar-refractivity contribution in [2.45, 2.75) is 26.3 Å². The summed E-state index contributed by atoms with van der Waals surface area (Å²) in [6.07, 6.45) is 4.43. The maximum Gasteiger partial charge on any atom is 0.251 e. The number of rotatable bonds is 6. The zero-order valence-electron chi connectivity index (χ0n) is 11.7. The van der Waals surface area contributed by atoms with Crippen molar-refractivity contribution in [2.24, 2.45) is 0 Å². The Morgan fingerprint density at radius 2 is 2.15 bits per heavy atom. The molecule has 2 rings (SSSR count). The van der Waals surface area contributed by atoms with Gasteiger partial charge in [-0.05, 0) is 37.6 Å². The first-order valence-electron chi connectivity index (χ1n) is 6.73. The molecule has 0 aliphatic carbocycles. The average molecular weight is 273 g/mol. The molecule has 20 heavy (non-hydrogen) atoms. The number of aromatic amines is 1. The molecular weight excluding hydrogens is 254 g/mol. The smallest absolute Gasteiger partial charge is 0.251 e. The second-order valence-corrected chi connectivity index (χ2v) is 4.60. The largest absolute Gasteiger partial charge is 0.494 e. The highest BCUT2D eigenvalue weighted by Crippen LogP contribution is 2.14. The maximum atomic E-state index is 12.1. The van der Waals surface area contributed by atoms with Gasteiger partial charge in [-0.3, -0.25) is 9.89 Å². The SMILES string of the molecule is CCCOc1ccc(C(=O)NC(C)c2cn[nH]c2)cc1. The Kier molecular flexibility index (Phi) is 4.76. The molecule has 0 bridgehead atoms. The third kappa shape index (κ3) is 3.60. The van der Waals surface area contributed by atoms with Crippen molar-refractivity contribution in [3.63, 3.8) is 0 Å². The number of H-pyrrole nitrogens is 1. The summed E-state index contributed by atoms with van der Waals surface area (Å²) < 4.78 is 5.49. The van der Waals surface area contributed by atoms with Crippen molar-refractivity contribution < 1.29 is 9.53 Å². The minimum atomic E-state index is -0.110. The molecular formula is C15H19N3O2. The van der Waals surface area contributed by atoms with Crippen LogP contribution in [-0.2, 0) is 0 Å². The molecule has 1 aromatic heterocycles. The third-order valence-corrected chi connectivity index (χ3v) is 2.96. The van der Waals surface area contributed by atoms with E-state index in [0.29, 0.717) is 12.2 Å². The molecule has 2 N–H and O–H groups in total. The van der Waals surface area contributed by atoms with Crippen LogP contribution in [0, 0.1) is 0 Å². The molecule has 0 saturated heterocycles. The van der Waals surface area contributed by atoms with Crippen LogP contribution in [0.4, 0.5) is 0 Å². The zero-order valence-corrected chi connectivity index (χ0v) is 11.7. The Hall–Kier alpha value is -2.30. The molecule has 5 nitrogen and oxygen atoms in total. The second kappa shape index (κ2) is 6.75. The molecule has 0 spiro atoms. The fourth-order valence-corrected chi connectivity index (χ4v) is 1.78. The van der Waals surface area contributed by atoms with E-state index < -0.39 is 0 Å². The van der Waals surface area contributed by atoms with Gasteiger partial charge in [0.15, 0.2) is 0 Å². The van der Waals surface area contributed by atoms with Gasteiger partial charge in [0.1, 0.15) is 5.75 Å². The van der Waals surface area contributed by atoms with Crippen LogP contribution in [0.25, 0.3) is 0 Å². The summed E-state index contributed by atoms with van der Waals surface area (Å²) in [6, 6.07) is 7.07. The van der Waals surface area contributed by atoms with Gasteiger partial charge in [0, 0.05) is 17.3 Å². The van der Waals surface area contributed by atoms with Gasteiger partial charge in [0.2, 0.25) is 0 Å². The monoisotopic (exact) mass is 273 g/mol. The lowest BCUT2D eigenvalue weighted by atomic mass is 10.1. The second-order valence-electron chi connectivity index (χ2n) is 4.60. The minimum absolute atomic E-state index is 0.0859. The molecule has 2 aromatic rings. The first kappa shape index (κ1) is 14.1. The van der Waals surface area contributed by atoms with Gasteiger partial charge in [-0.2, -0.15) is 5.10 Å². The number of nitrogens with one attached hydrogen (secondary N) is 2. The van der Waals surface area contributed by atoms with Crippen molar-refractivity contribution in [1.82, 2.24) is 15.5 Å². The molecule has 0 saturated carbocycles. The Morgan fingerprint density at radius 3 is 2.75 bits per heavy atom. The van der Waals surface area contributed by atoms with Crippen molar-refractivity contribution in [2.75, 3.05) is 6.61 Å². The summed E-state index contributed by atoms with van der Waals surface area (Å²) in [5.41, 5.74) is 1.56. The fourth-order valence-electron chi connectivity index (χ4n) is 1.78. The van der Waals surface area contributed by atoms with Crippen LogP contribution in [0.15, 0.2) is 36.7 Å². The van der Waals surface area contributed by atoms with E-state index in [1.165, 1.54) is 0 Å². The van der Waals surface area contributed by atoms with Crippen molar-refractivity contribution in [1.29, 1.82) is 0 Å². The van der Waals surface area contributed by atoms with E-state index in [1.807, 2.05) is 19.1 Å². The topological polar surface area (TPSA) is 67.0 Å². The molecule has 0 aliphatic heterocycles. The summed E-state index contributed by atoms with van der Waals surface area (Å²) >= 11 is 0. The van der Waals surface area contributed by atoms with E-state index in [1.54, 1.807) is 24.5 Å². The minimum Gasteiger partial charge on any atom is -0.494 e. The van der Waals surface area contributed by atoms with Crippen LogP contribution in [0.3, 0.4) is 0 Å². The van der Waals surface area contributed by atoms with Gasteiger partial charge in [0.25, 0.3) is 5.91 Å². The molecule has 0 radical (unpaired) electrons. The predicted octanol–water partition coefficient (Wildman–Crippen LogP) is 2.69. The maximum absolute atomic E-state index is 12.1. The van der Waals surface area contributed by atoms with Gasteiger partial charge in [-0.15, -0.1) is 0 Å². The molecule has 1 aromatic carbocycles. The molecule has 106 valence electrons. The Bertz CT molecular complexity index is 535. The molecule has 1 atom stereocenters. The van der Waals surface area contributed by atoms with Gasteiger partial charge in [-0.1, -0.05) is 6.92 Å². The highest BCUT2D eigenvalue weighted by Gasteiger charge is 2.12. The standard InChI is InChI=1S/C15H19N3O2/c1-3-8-20-14-6-4-12(5-7-14)15(19)18-11(2)13-9-16-17-10-13/h4-7,9-11H,3,8H2,1-2H3,(H,16,17)(H,18,19). The van der Waals surface area contributed by atoms with Gasteiger partial charge < -0.3 is 10.1 Å². The van der Waals surface area contributed by atoms with E-state index in [9.17, 15) is 4.79 Å². The van der Waals surface area contributed by atoms with Crippen molar-refractivity contribution >= 4 is 5.91 Å². The summed E-state index contributed by atoms with van der Waals surface area (Å²) in [5, 5.41) is 9.52. The Balaban J connectivity index is 1.95. The first-order valence-corrected chi connectivity index (χ1v) is 6.73. The molecule has 1 unspecified atom stereocenters. The first-order chi connectivity index (χ1) is 9.70. The van der Waals surface area contributed by atoms with Crippen molar-refractivity contribution in [3.8, 4) is 5.75 Å². The van der Waals surface area contributed by atoms with Crippen LogP contribution < -0.4 is 10.1 Å². The molecule has 5 heteroatoms. The highest BCUT2D eigenvalue weighted by molar-refractivity contribution is 5.94. The van der Waals surface area contributed by atoms with E-state index in [2.05, 4.69) is 22.4 Å². The summed E-state index contributed by atoms with van der Waals surface area (Å²) in [6.45, 7) is 4.66. The van der Waals surface area contributed by atoms with Gasteiger partial charge >= 0.3 is 0 Å². The third-order valence-electron chi connectivity index (χ3n) is 2.96. The van der Waals surface area contributed by atoms with E-state index >= 15 is 0 Å². The lowest BCUT2D eigenvalue weighted by Crippen LogP contribution is -2.26. The van der Waals surface area contributed by atoms with Crippen LogP contribution in [0.2, 0.25) is 0 Å². The predicted molar refractivity (Wildman–Crippen MR) is 76.7 cm³/mol. The molecule has 0 fully saturated rings. The summed E-state index contributed by atoms with van der Waals surface area (Å²) in [4.78, 5) is 12.1. The highest BCUT2D eigenvalue weighted by atomic mass is 16.5. The summed E-state index contributed by atoms with van der Waals surface area (Å²) in [7, 11) is 0. The van der Waals surface area contributed by atoms with E-state index in [-0.39, 0.29) is 11.9 Å². The summed E-state index contributed by atoms with van der Waals surface area (Å²) in [5.74, 6) is 0.673. The Labute approximate surface area is 118 Å². The van der Waals surface area contributed by atoms with Gasteiger partial charge in [-0.25, -0.2) is 0 Å². The number of hydrogen-bond acceptors (Lipinski definition) is 3. The Morgan fingerprint density at radius 1 is 1.40 bits per heavy atom. The molecule has 0 aliphatic rings. The molecule has 1 heterocycles. The van der Waals surface area contributed by atoms with Crippen LogP contribution in [-0.4, -0.2) is 22.7 Å². The van der Waals surface area contributed by atoms with Crippen LogP contribution in [0.5, 0.6) is 5.75 Å². The lowest BCUT2D eigenvalue weighted by Gasteiger charge is -2.12. The number of aromatic nitrogens is 2. The van der Waals surface area contributed by atoms with Crippen LogP contribution >= 0.6 is 0 Å². The number of carbonyl (C=O) groups is 1. The number of hydrogen-bond donors (Lipinski definition) is 2. The number of amides is 1. The normalized spacial score (nSPS) is 11.9. The van der Waals surface area contributed by atoms with Gasteiger partial charge in [0.05, 0.1) is 18.8 Å². The number of nitrogens with zero attached hydrogens (tertiary/aromatic N) is 1. The lowest BCUT2D eigenvalue weighted by molar-refractivity contribution is 0.0940. The van der Waals surface area contributed by atoms with Crippen molar-refractivity contribution in [3.05, 3.63) is 47.8 Å².